The number of amides is 1. The Labute approximate surface area is 178 Å². The first-order valence-electron chi connectivity index (χ1n) is 9.19. The third-order valence-corrected chi connectivity index (χ3v) is 5.59. The molecule has 3 aromatic rings. The van der Waals surface area contributed by atoms with Crippen LogP contribution in [0.25, 0.3) is 11.3 Å². The number of halogens is 1. The first-order valence-corrected chi connectivity index (χ1v) is 10.4. The van der Waals surface area contributed by atoms with E-state index >= 15 is 0 Å². The van der Waals surface area contributed by atoms with E-state index < -0.39 is 0 Å². The minimum atomic E-state index is -0.371. The molecule has 1 atom stereocenters. The Bertz CT molecular complexity index is 975. The minimum absolute atomic E-state index is 0.169. The van der Waals surface area contributed by atoms with E-state index in [2.05, 4.69) is 10.3 Å². The molecule has 1 amide bonds. The van der Waals surface area contributed by atoms with Crippen molar-refractivity contribution in [1.29, 1.82) is 0 Å². The van der Waals surface area contributed by atoms with Gasteiger partial charge in [0, 0.05) is 28.3 Å². The lowest BCUT2D eigenvalue weighted by Gasteiger charge is -2.15. The number of carbonyl (C=O) groups excluding carboxylic acids is 2. The van der Waals surface area contributed by atoms with E-state index in [9.17, 15) is 9.59 Å². The molecule has 0 saturated heterocycles. The first kappa shape index (κ1) is 21.0. The standard InChI is InChI=1S/C22H21ClN2O3S/c1-28-20(26)12-11-16(13-15-7-3-2-4-8-15)21(27)25-22-24-19(14-29-22)17-9-5-6-10-18(17)23/h2-10,14,16H,11-13H2,1H3,(H,24,25,27)/t16-/m0/s1. The molecule has 0 aliphatic heterocycles. The van der Waals surface area contributed by atoms with Gasteiger partial charge in [-0.2, -0.15) is 0 Å². The molecule has 2 aromatic carbocycles. The number of hydrogen-bond acceptors (Lipinski definition) is 5. The second kappa shape index (κ2) is 10.2. The van der Waals surface area contributed by atoms with Crippen LogP contribution in [-0.2, 0) is 20.7 Å². The largest absolute Gasteiger partial charge is 0.469 e. The lowest BCUT2D eigenvalue weighted by Crippen LogP contribution is -2.25. The number of anilines is 1. The van der Waals surface area contributed by atoms with Crippen molar-refractivity contribution in [2.45, 2.75) is 19.3 Å². The fraction of sp³-hybridized carbons (Fsp3) is 0.227. The summed E-state index contributed by atoms with van der Waals surface area (Å²) in [6, 6.07) is 17.2. The Morgan fingerprint density at radius 1 is 1.14 bits per heavy atom. The van der Waals surface area contributed by atoms with Crippen LogP contribution in [0.1, 0.15) is 18.4 Å². The molecule has 0 saturated carbocycles. The van der Waals surface area contributed by atoms with Gasteiger partial charge in [0.05, 0.1) is 12.8 Å². The fourth-order valence-electron chi connectivity index (χ4n) is 2.95. The Balaban J connectivity index is 1.72. The number of nitrogens with one attached hydrogen (secondary N) is 1. The van der Waals surface area contributed by atoms with Crippen LogP contribution in [0, 0.1) is 5.92 Å². The number of esters is 1. The van der Waals surface area contributed by atoms with Crippen molar-refractivity contribution >= 4 is 39.9 Å². The number of rotatable bonds is 8. The molecule has 1 N–H and O–H groups in total. The normalized spacial score (nSPS) is 11.7. The molecular weight excluding hydrogens is 408 g/mol. The molecule has 150 valence electrons. The zero-order valence-corrected chi connectivity index (χ0v) is 17.5. The molecule has 0 bridgehead atoms. The number of ether oxygens (including phenoxy) is 1. The molecule has 0 radical (unpaired) electrons. The summed E-state index contributed by atoms with van der Waals surface area (Å²) < 4.78 is 4.72. The third-order valence-electron chi connectivity index (χ3n) is 4.50. The van der Waals surface area contributed by atoms with Gasteiger partial charge in [0.1, 0.15) is 0 Å². The number of carbonyl (C=O) groups is 2. The van der Waals surface area contributed by atoms with E-state index in [1.165, 1.54) is 18.4 Å². The SMILES string of the molecule is COC(=O)CC[C@@H](Cc1ccccc1)C(=O)Nc1nc(-c2ccccc2Cl)cs1. The molecule has 0 unspecified atom stereocenters. The third kappa shape index (κ3) is 5.89. The number of thiazole rings is 1. The molecule has 0 aliphatic rings. The summed E-state index contributed by atoms with van der Waals surface area (Å²) in [7, 11) is 1.35. The topological polar surface area (TPSA) is 68.3 Å². The predicted octanol–water partition coefficient (Wildman–Crippen LogP) is 5.21. The summed E-state index contributed by atoms with van der Waals surface area (Å²) in [6.07, 6.45) is 1.12. The van der Waals surface area contributed by atoms with E-state index in [1.807, 2.05) is 53.9 Å². The Kier molecular flexibility index (Phi) is 7.38. The van der Waals surface area contributed by atoms with E-state index in [-0.39, 0.29) is 24.2 Å². The number of aromatic nitrogens is 1. The fourth-order valence-corrected chi connectivity index (χ4v) is 3.90. The van der Waals surface area contributed by atoms with Crippen LogP contribution >= 0.6 is 22.9 Å². The molecule has 7 heteroatoms. The van der Waals surface area contributed by atoms with Crippen molar-refractivity contribution in [2.75, 3.05) is 12.4 Å². The maximum absolute atomic E-state index is 12.9. The molecular formula is C22H21ClN2O3S. The summed E-state index contributed by atoms with van der Waals surface area (Å²) in [4.78, 5) is 29.0. The van der Waals surface area contributed by atoms with Crippen molar-refractivity contribution < 1.29 is 14.3 Å². The summed E-state index contributed by atoms with van der Waals surface area (Å²) in [6.45, 7) is 0. The van der Waals surface area contributed by atoms with Crippen molar-refractivity contribution in [1.82, 2.24) is 4.98 Å². The van der Waals surface area contributed by atoms with Gasteiger partial charge in [-0.15, -0.1) is 11.3 Å². The zero-order valence-electron chi connectivity index (χ0n) is 15.9. The zero-order chi connectivity index (χ0) is 20.6. The van der Waals surface area contributed by atoms with Crippen LogP contribution in [0.4, 0.5) is 5.13 Å². The molecule has 0 aliphatic carbocycles. The number of methoxy groups -OCH3 is 1. The number of nitrogens with zero attached hydrogens (tertiary/aromatic N) is 1. The average molecular weight is 429 g/mol. The average Bonchev–Trinajstić information content (AvgIpc) is 3.20. The van der Waals surface area contributed by atoms with E-state index in [1.54, 1.807) is 6.07 Å². The van der Waals surface area contributed by atoms with E-state index in [0.29, 0.717) is 28.7 Å². The van der Waals surface area contributed by atoms with Gasteiger partial charge in [0.2, 0.25) is 5.91 Å². The monoisotopic (exact) mass is 428 g/mol. The summed E-state index contributed by atoms with van der Waals surface area (Å²) in [5.41, 5.74) is 2.57. The predicted molar refractivity (Wildman–Crippen MR) is 116 cm³/mol. The highest BCUT2D eigenvalue weighted by atomic mass is 35.5. The van der Waals surface area contributed by atoms with Gasteiger partial charge in [-0.25, -0.2) is 4.98 Å². The maximum Gasteiger partial charge on any atom is 0.305 e. The summed E-state index contributed by atoms with van der Waals surface area (Å²) >= 11 is 7.57. The highest BCUT2D eigenvalue weighted by Gasteiger charge is 2.22. The Morgan fingerprint density at radius 3 is 2.59 bits per heavy atom. The second-order valence-corrected chi connectivity index (χ2v) is 7.77. The minimum Gasteiger partial charge on any atom is -0.469 e. The van der Waals surface area contributed by atoms with Crippen LogP contribution in [0.5, 0.6) is 0 Å². The Morgan fingerprint density at radius 2 is 1.86 bits per heavy atom. The second-order valence-electron chi connectivity index (χ2n) is 6.51. The van der Waals surface area contributed by atoms with Gasteiger partial charge >= 0.3 is 5.97 Å². The van der Waals surface area contributed by atoms with Crippen molar-refractivity contribution in [3.63, 3.8) is 0 Å². The highest BCUT2D eigenvalue weighted by Crippen LogP contribution is 2.30. The van der Waals surface area contributed by atoms with Crippen molar-refractivity contribution in [3.05, 3.63) is 70.6 Å². The molecule has 3 rings (SSSR count). The van der Waals surface area contributed by atoms with Crippen LogP contribution in [0.15, 0.2) is 60.0 Å². The summed E-state index contributed by atoms with van der Waals surface area (Å²) in [5, 5.41) is 5.85. The van der Waals surface area contributed by atoms with E-state index in [4.69, 9.17) is 16.3 Å². The van der Waals surface area contributed by atoms with Gasteiger partial charge < -0.3 is 10.1 Å². The van der Waals surface area contributed by atoms with Crippen LogP contribution < -0.4 is 5.32 Å². The van der Waals surface area contributed by atoms with Gasteiger partial charge in [-0.3, -0.25) is 9.59 Å². The first-order chi connectivity index (χ1) is 14.1. The number of benzene rings is 2. The summed E-state index contributed by atoms with van der Waals surface area (Å²) in [5.74, 6) is -0.868. The van der Waals surface area contributed by atoms with E-state index in [0.717, 1.165) is 11.1 Å². The highest BCUT2D eigenvalue weighted by molar-refractivity contribution is 7.14. The van der Waals surface area contributed by atoms with Crippen LogP contribution in [-0.4, -0.2) is 24.0 Å². The Hall–Kier alpha value is -2.70. The lowest BCUT2D eigenvalue weighted by atomic mass is 9.94. The van der Waals surface area contributed by atoms with Gasteiger partial charge in [0.25, 0.3) is 0 Å². The van der Waals surface area contributed by atoms with Crippen molar-refractivity contribution in [2.24, 2.45) is 5.92 Å². The number of hydrogen-bond donors (Lipinski definition) is 1. The van der Waals surface area contributed by atoms with Gasteiger partial charge in [-0.1, -0.05) is 60.1 Å². The lowest BCUT2D eigenvalue weighted by molar-refractivity contribution is -0.141. The molecule has 0 fully saturated rings. The maximum atomic E-state index is 12.9. The molecule has 29 heavy (non-hydrogen) atoms. The molecule has 1 aromatic heterocycles. The van der Waals surface area contributed by atoms with Crippen LogP contribution in [0.2, 0.25) is 5.02 Å². The van der Waals surface area contributed by atoms with Gasteiger partial charge in [0.15, 0.2) is 5.13 Å². The molecule has 5 nitrogen and oxygen atoms in total. The smallest absolute Gasteiger partial charge is 0.305 e. The van der Waals surface area contributed by atoms with Crippen molar-refractivity contribution in [3.8, 4) is 11.3 Å². The quantitative estimate of drug-likeness (QED) is 0.500. The molecule has 0 spiro atoms. The molecule has 1 heterocycles. The van der Waals surface area contributed by atoms with Gasteiger partial charge in [-0.05, 0) is 24.5 Å². The van der Waals surface area contributed by atoms with Crippen LogP contribution in [0.3, 0.4) is 0 Å².